The molecule has 2 atom stereocenters. The minimum Gasteiger partial charge on any atom is -0.376 e. The van der Waals surface area contributed by atoms with Crippen LogP contribution in [0.1, 0.15) is 18.9 Å². The zero-order chi connectivity index (χ0) is 12.5. The lowest BCUT2D eigenvalue weighted by molar-refractivity contribution is 0.0245. The fourth-order valence-corrected chi connectivity index (χ4v) is 3.76. The molecule has 2 N–H and O–H groups in total. The van der Waals surface area contributed by atoms with Gasteiger partial charge in [0, 0.05) is 19.7 Å². The van der Waals surface area contributed by atoms with Crippen LogP contribution in [-0.2, 0) is 11.3 Å². The number of hydrogen-bond donors (Lipinski definition) is 1. The second-order valence-corrected chi connectivity index (χ2v) is 6.98. The molecule has 96 valence electrons. The Kier molecular flexibility index (Phi) is 4.26. The van der Waals surface area contributed by atoms with Crippen molar-refractivity contribution in [3.05, 3.63) is 20.8 Å². The summed E-state index contributed by atoms with van der Waals surface area (Å²) in [7, 11) is 2.14. The maximum atomic E-state index is 5.99. The molecule has 0 bridgehead atoms. The number of thiophene rings is 1. The molecule has 0 aliphatic carbocycles. The molecule has 1 aromatic heterocycles. The topological polar surface area (TPSA) is 38.5 Å². The predicted octanol–water partition coefficient (Wildman–Crippen LogP) is 2.45. The van der Waals surface area contributed by atoms with Gasteiger partial charge in [0.05, 0.1) is 15.4 Å². The van der Waals surface area contributed by atoms with Crippen molar-refractivity contribution >= 4 is 27.3 Å². The highest BCUT2D eigenvalue weighted by molar-refractivity contribution is 9.11. The quantitative estimate of drug-likeness (QED) is 0.926. The molecule has 2 heterocycles. The second-order valence-electron chi connectivity index (χ2n) is 4.69. The van der Waals surface area contributed by atoms with E-state index >= 15 is 0 Å². The van der Waals surface area contributed by atoms with Crippen molar-refractivity contribution in [2.45, 2.75) is 31.5 Å². The van der Waals surface area contributed by atoms with Crippen LogP contribution in [-0.4, -0.2) is 36.7 Å². The molecule has 1 saturated heterocycles. The second kappa shape index (κ2) is 5.36. The van der Waals surface area contributed by atoms with Gasteiger partial charge in [-0.15, -0.1) is 11.3 Å². The first-order valence-electron chi connectivity index (χ1n) is 5.84. The molecule has 0 spiro atoms. The van der Waals surface area contributed by atoms with E-state index < -0.39 is 0 Å². The average molecular weight is 319 g/mol. The van der Waals surface area contributed by atoms with Gasteiger partial charge in [-0.05, 0) is 53.3 Å². The molecule has 1 aromatic rings. The molecule has 5 heteroatoms. The van der Waals surface area contributed by atoms with Crippen molar-refractivity contribution in [1.29, 1.82) is 0 Å². The van der Waals surface area contributed by atoms with Gasteiger partial charge in [-0.25, -0.2) is 0 Å². The van der Waals surface area contributed by atoms with Crippen molar-refractivity contribution in [2.24, 2.45) is 5.73 Å². The van der Waals surface area contributed by atoms with Crippen molar-refractivity contribution in [2.75, 3.05) is 20.2 Å². The van der Waals surface area contributed by atoms with E-state index in [-0.39, 0.29) is 11.6 Å². The molecule has 0 saturated carbocycles. The Balaban J connectivity index is 2.10. The minimum absolute atomic E-state index is 0.00554. The molecule has 0 aromatic carbocycles. The van der Waals surface area contributed by atoms with Crippen LogP contribution in [0.2, 0.25) is 0 Å². The fourth-order valence-electron chi connectivity index (χ4n) is 2.56. The predicted molar refractivity (Wildman–Crippen MR) is 75.3 cm³/mol. The Hall–Kier alpha value is 0.0600. The van der Waals surface area contributed by atoms with Gasteiger partial charge < -0.3 is 10.5 Å². The van der Waals surface area contributed by atoms with Crippen LogP contribution in [0, 0.1) is 0 Å². The van der Waals surface area contributed by atoms with E-state index in [4.69, 9.17) is 10.5 Å². The fraction of sp³-hybridized carbons (Fsp3) is 0.667. The number of nitrogens with two attached hydrogens (primary N) is 1. The summed E-state index contributed by atoms with van der Waals surface area (Å²) >= 11 is 5.22. The first-order valence-corrected chi connectivity index (χ1v) is 7.51. The number of halogens is 1. The zero-order valence-electron chi connectivity index (χ0n) is 10.3. The summed E-state index contributed by atoms with van der Waals surface area (Å²) in [5.41, 5.74) is 7.32. The SMILES string of the molecule is CC1OCCC1(CN)N(C)Cc1csc(Br)c1. The molecule has 0 amide bonds. The first-order chi connectivity index (χ1) is 8.08. The van der Waals surface area contributed by atoms with Crippen LogP contribution in [0.3, 0.4) is 0 Å². The highest BCUT2D eigenvalue weighted by atomic mass is 79.9. The summed E-state index contributed by atoms with van der Waals surface area (Å²) in [5.74, 6) is 0. The van der Waals surface area contributed by atoms with Crippen molar-refractivity contribution < 1.29 is 4.74 Å². The zero-order valence-corrected chi connectivity index (χ0v) is 12.7. The van der Waals surface area contributed by atoms with Gasteiger partial charge in [-0.3, -0.25) is 4.90 Å². The van der Waals surface area contributed by atoms with Crippen molar-refractivity contribution in [3.63, 3.8) is 0 Å². The van der Waals surface area contributed by atoms with Crippen LogP contribution in [0.4, 0.5) is 0 Å². The molecule has 1 aliphatic rings. The Bertz CT molecular complexity index is 384. The van der Waals surface area contributed by atoms with Gasteiger partial charge in [0.1, 0.15) is 0 Å². The van der Waals surface area contributed by atoms with Crippen LogP contribution < -0.4 is 5.73 Å². The van der Waals surface area contributed by atoms with Gasteiger partial charge in [0.15, 0.2) is 0 Å². The van der Waals surface area contributed by atoms with E-state index in [1.807, 2.05) is 0 Å². The number of hydrogen-bond acceptors (Lipinski definition) is 4. The molecular formula is C12H19BrN2OS. The summed E-state index contributed by atoms with van der Waals surface area (Å²) in [6.45, 7) is 4.51. The molecule has 1 fully saturated rings. The lowest BCUT2D eigenvalue weighted by Crippen LogP contribution is -2.56. The molecule has 3 nitrogen and oxygen atoms in total. The normalized spacial score (nSPS) is 29.1. The Morgan fingerprint density at radius 2 is 2.47 bits per heavy atom. The summed E-state index contributed by atoms with van der Waals surface area (Å²) in [5, 5.41) is 2.19. The van der Waals surface area contributed by atoms with E-state index in [1.165, 1.54) is 9.35 Å². The van der Waals surface area contributed by atoms with E-state index in [0.717, 1.165) is 19.6 Å². The van der Waals surface area contributed by atoms with Gasteiger partial charge in [-0.2, -0.15) is 0 Å². The molecule has 2 unspecified atom stereocenters. The summed E-state index contributed by atoms with van der Waals surface area (Å²) in [6, 6.07) is 2.17. The average Bonchev–Trinajstić information content (AvgIpc) is 2.86. The Labute approximate surface area is 115 Å². The van der Waals surface area contributed by atoms with E-state index in [0.29, 0.717) is 6.54 Å². The standard InChI is InChI=1S/C12H19BrN2OS/c1-9-12(8-14,3-4-16-9)15(2)6-10-5-11(13)17-7-10/h5,7,9H,3-4,6,8,14H2,1-2H3. The number of likely N-dealkylation sites (N-methyl/N-ethyl adjacent to an activating group) is 1. The summed E-state index contributed by atoms with van der Waals surface area (Å²) < 4.78 is 6.87. The third-order valence-electron chi connectivity index (χ3n) is 3.81. The molecule has 1 aliphatic heterocycles. The maximum Gasteiger partial charge on any atom is 0.0743 e. The lowest BCUT2D eigenvalue weighted by Gasteiger charge is -2.40. The lowest BCUT2D eigenvalue weighted by atomic mass is 9.90. The van der Waals surface area contributed by atoms with Crippen molar-refractivity contribution in [1.82, 2.24) is 4.90 Å². The maximum absolute atomic E-state index is 5.99. The third kappa shape index (κ3) is 2.58. The number of ether oxygens (including phenoxy) is 1. The van der Waals surface area contributed by atoms with Gasteiger partial charge in [-0.1, -0.05) is 0 Å². The van der Waals surface area contributed by atoms with E-state index in [1.54, 1.807) is 11.3 Å². The number of nitrogens with zero attached hydrogens (tertiary/aromatic N) is 1. The van der Waals surface area contributed by atoms with Gasteiger partial charge in [0.25, 0.3) is 0 Å². The molecule has 0 radical (unpaired) electrons. The largest absolute Gasteiger partial charge is 0.376 e. The number of rotatable bonds is 4. The van der Waals surface area contributed by atoms with E-state index in [9.17, 15) is 0 Å². The van der Waals surface area contributed by atoms with Crippen LogP contribution in [0.15, 0.2) is 15.2 Å². The van der Waals surface area contributed by atoms with Crippen LogP contribution >= 0.6 is 27.3 Å². The minimum atomic E-state index is -0.00554. The summed E-state index contributed by atoms with van der Waals surface area (Å²) in [4.78, 5) is 2.35. The highest BCUT2D eigenvalue weighted by Gasteiger charge is 2.43. The highest BCUT2D eigenvalue weighted by Crippen LogP contribution is 2.32. The monoisotopic (exact) mass is 318 g/mol. The van der Waals surface area contributed by atoms with Crippen LogP contribution in [0.25, 0.3) is 0 Å². The molecule has 2 rings (SSSR count). The molecule has 17 heavy (non-hydrogen) atoms. The van der Waals surface area contributed by atoms with Gasteiger partial charge in [0.2, 0.25) is 0 Å². The first kappa shape index (κ1) is 13.5. The van der Waals surface area contributed by atoms with Crippen molar-refractivity contribution in [3.8, 4) is 0 Å². The van der Waals surface area contributed by atoms with E-state index in [2.05, 4.69) is 46.2 Å². The molecular weight excluding hydrogens is 300 g/mol. The van der Waals surface area contributed by atoms with Crippen LogP contribution in [0.5, 0.6) is 0 Å². The summed E-state index contributed by atoms with van der Waals surface area (Å²) in [6.07, 6.45) is 1.23. The Morgan fingerprint density at radius 1 is 1.71 bits per heavy atom. The third-order valence-corrected chi connectivity index (χ3v) is 5.37. The Morgan fingerprint density at radius 3 is 2.94 bits per heavy atom. The smallest absolute Gasteiger partial charge is 0.0743 e. The van der Waals surface area contributed by atoms with Gasteiger partial charge >= 0.3 is 0 Å².